The van der Waals surface area contributed by atoms with Crippen LogP contribution in [0.3, 0.4) is 0 Å². The Hall–Kier alpha value is -1.60. The molecule has 1 aromatic heterocycles. The summed E-state index contributed by atoms with van der Waals surface area (Å²) < 4.78 is 10.5. The molecule has 2 N–H and O–H groups in total. The number of Topliss-reactive ketones (excluding diaryl/α,β-unsaturated/α-hetero) is 1. The third-order valence-electron chi connectivity index (χ3n) is 3.35. The minimum Gasteiger partial charge on any atom is -0.465 e. The molecular formula is C14H20N2O4S. The number of ketones is 1. The highest BCUT2D eigenvalue weighted by Crippen LogP contribution is 2.40. The van der Waals surface area contributed by atoms with Crippen LogP contribution in [0.25, 0.3) is 0 Å². The Morgan fingerprint density at radius 1 is 1.43 bits per heavy atom. The van der Waals surface area contributed by atoms with E-state index in [1.54, 1.807) is 0 Å². The second-order valence-electron chi connectivity index (χ2n) is 5.60. The van der Waals surface area contributed by atoms with E-state index < -0.39 is 5.97 Å². The summed E-state index contributed by atoms with van der Waals surface area (Å²) in [6.07, 6.45) is 0. The number of anilines is 2. The van der Waals surface area contributed by atoms with Crippen LogP contribution in [0.5, 0.6) is 0 Å². The standard InChI is InChI=1S/C14H20N2O4S/c1-8(17)11-10(15)9(13(18)19-4)12(21-11)16-5-6-20-14(2,3)7-16/h5-7,15H2,1-4H3. The van der Waals surface area contributed by atoms with E-state index in [0.29, 0.717) is 29.6 Å². The molecule has 0 radical (unpaired) electrons. The summed E-state index contributed by atoms with van der Waals surface area (Å²) in [5.41, 5.74) is 6.16. The van der Waals surface area contributed by atoms with Crippen LogP contribution >= 0.6 is 11.3 Å². The van der Waals surface area contributed by atoms with Crippen molar-refractivity contribution in [3.8, 4) is 0 Å². The average molecular weight is 312 g/mol. The summed E-state index contributed by atoms with van der Waals surface area (Å²) >= 11 is 1.24. The first-order valence-electron chi connectivity index (χ1n) is 6.67. The van der Waals surface area contributed by atoms with Crippen molar-refractivity contribution in [2.75, 3.05) is 37.4 Å². The van der Waals surface area contributed by atoms with Gasteiger partial charge >= 0.3 is 5.97 Å². The van der Waals surface area contributed by atoms with E-state index in [1.807, 2.05) is 18.7 Å². The number of hydrogen-bond acceptors (Lipinski definition) is 7. The molecule has 7 heteroatoms. The summed E-state index contributed by atoms with van der Waals surface area (Å²) in [5.74, 6) is -0.669. The molecule has 1 saturated heterocycles. The number of carbonyl (C=O) groups excluding carboxylic acids is 2. The molecule has 0 bridgehead atoms. The molecule has 0 atom stereocenters. The van der Waals surface area contributed by atoms with Crippen molar-refractivity contribution in [2.24, 2.45) is 0 Å². The Kier molecular flexibility index (Phi) is 4.25. The number of rotatable bonds is 3. The second-order valence-corrected chi connectivity index (χ2v) is 6.60. The van der Waals surface area contributed by atoms with E-state index in [-0.39, 0.29) is 22.6 Å². The lowest BCUT2D eigenvalue weighted by atomic mass is 10.1. The van der Waals surface area contributed by atoms with Gasteiger partial charge in [0.1, 0.15) is 10.6 Å². The lowest BCUT2D eigenvalue weighted by molar-refractivity contribution is -0.0275. The Labute approximate surface area is 127 Å². The molecule has 1 aromatic rings. The molecule has 0 spiro atoms. The van der Waals surface area contributed by atoms with Crippen LogP contribution in [-0.2, 0) is 9.47 Å². The Bertz CT molecular complexity index is 580. The maximum atomic E-state index is 12.0. The first kappa shape index (κ1) is 15.8. The van der Waals surface area contributed by atoms with Gasteiger partial charge in [-0.15, -0.1) is 11.3 Å². The smallest absolute Gasteiger partial charge is 0.343 e. The van der Waals surface area contributed by atoms with Crippen LogP contribution in [0.1, 0.15) is 40.8 Å². The van der Waals surface area contributed by atoms with Gasteiger partial charge in [0.25, 0.3) is 0 Å². The van der Waals surface area contributed by atoms with Gasteiger partial charge in [-0.3, -0.25) is 4.79 Å². The molecule has 116 valence electrons. The van der Waals surface area contributed by atoms with Crippen LogP contribution in [0.4, 0.5) is 10.7 Å². The largest absolute Gasteiger partial charge is 0.465 e. The molecule has 21 heavy (non-hydrogen) atoms. The van der Waals surface area contributed by atoms with Crippen molar-refractivity contribution >= 4 is 33.8 Å². The minimum absolute atomic E-state index is 0.151. The first-order valence-corrected chi connectivity index (χ1v) is 7.49. The van der Waals surface area contributed by atoms with E-state index in [4.69, 9.17) is 15.2 Å². The molecular weight excluding hydrogens is 292 g/mol. The van der Waals surface area contributed by atoms with Crippen LogP contribution in [0.2, 0.25) is 0 Å². The van der Waals surface area contributed by atoms with E-state index in [0.717, 1.165) is 0 Å². The number of nitrogens with two attached hydrogens (primary N) is 1. The lowest BCUT2D eigenvalue weighted by Gasteiger charge is -2.39. The topological polar surface area (TPSA) is 81.9 Å². The molecule has 0 aliphatic carbocycles. The number of thiophene rings is 1. The summed E-state index contributed by atoms with van der Waals surface area (Å²) in [4.78, 5) is 26.1. The van der Waals surface area contributed by atoms with Gasteiger partial charge in [-0.1, -0.05) is 0 Å². The molecule has 2 rings (SSSR count). The zero-order valence-electron chi connectivity index (χ0n) is 12.7. The molecule has 2 heterocycles. The van der Waals surface area contributed by atoms with Crippen molar-refractivity contribution in [3.05, 3.63) is 10.4 Å². The van der Waals surface area contributed by atoms with Crippen LogP contribution in [0, 0.1) is 0 Å². The summed E-state index contributed by atoms with van der Waals surface area (Å²) in [6.45, 7) is 7.23. The van der Waals surface area contributed by atoms with Crippen molar-refractivity contribution in [1.82, 2.24) is 0 Å². The average Bonchev–Trinajstić information content (AvgIpc) is 2.74. The molecule has 1 aliphatic rings. The fraction of sp³-hybridized carbons (Fsp3) is 0.571. The van der Waals surface area contributed by atoms with Gasteiger partial charge in [-0.25, -0.2) is 4.79 Å². The van der Waals surface area contributed by atoms with Crippen molar-refractivity contribution in [1.29, 1.82) is 0 Å². The number of nitrogens with zero attached hydrogens (tertiary/aromatic N) is 1. The number of esters is 1. The van der Waals surface area contributed by atoms with Crippen molar-refractivity contribution in [2.45, 2.75) is 26.4 Å². The predicted molar refractivity (Wildman–Crippen MR) is 82.3 cm³/mol. The maximum absolute atomic E-state index is 12.0. The van der Waals surface area contributed by atoms with E-state index in [9.17, 15) is 9.59 Å². The third-order valence-corrected chi connectivity index (χ3v) is 4.72. The van der Waals surface area contributed by atoms with Crippen LogP contribution < -0.4 is 10.6 Å². The van der Waals surface area contributed by atoms with Gasteiger partial charge in [0.15, 0.2) is 5.78 Å². The highest BCUT2D eigenvalue weighted by molar-refractivity contribution is 7.19. The number of nitrogen functional groups attached to an aromatic ring is 1. The molecule has 0 unspecified atom stereocenters. The van der Waals surface area contributed by atoms with Gasteiger partial charge < -0.3 is 20.1 Å². The summed E-state index contributed by atoms with van der Waals surface area (Å²) in [5, 5.41) is 0.681. The van der Waals surface area contributed by atoms with Gasteiger partial charge in [0, 0.05) is 20.0 Å². The zero-order chi connectivity index (χ0) is 15.8. The van der Waals surface area contributed by atoms with Crippen molar-refractivity contribution < 1.29 is 19.1 Å². The number of carbonyl (C=O) groups is 2. The number of hydrogen-bond donors (Lipinski definition) is 1. The molecule has 1 aliphatic heterocycles. The predicted octanol–water partition coefficient (Wildman–Crippen LogP) is 1.93. The van der Waals surface area contributed by atoms with E-state index in [2.05, 4.69) is 0 Å². The fourth-order valence-corrected chi connectivity index (χ4v) is 3.53. The fourth-order valence-electron chi connectivity index (χ4n) is 2.40. The summed E-state index contributed by atoms with van der Waals surface area (Å²) in [6, 6.07) is 0. The Balaban J connectivity index is 2.49. The van der Waals surface area contributed by atoms with Gasteiger partial charge in [-0.05, 0) is 13.8 Å². The number of morpholine rings is 1. The third kappa shape index (κ3) is 3.03. The van der Waals surface area contributed by atoms with Gasteiger partial charge in [-0.2, -0.15) is 0 Å². The monoisotopic (exact) mass is 312 g/mol. The zero-order valence-corrected chi connectivity index (χ0v) is 13.5. The van der Waals surface area contributed by atoms with Crippen LogP contribution in [0.15, 0.2) is 0 Å². The Morgan fingerprint density at radius 2 is 2.10 bits per heavy atom. The molecule has 1 fully saturated rings. The van der Waals surface area contributed by atoms with Gasteiger partial charge in [0.05, 0.1) is 29.9 Å². The SMILES string of the molecule is COC(=O)c1c(N2CCOC(C)(C)C2)sc(C(C)=O)c1N. The normalized spacial score (nSPS) is 17.6. The second kappa shape index (κ2) is 5.65. The molecule has 0 amide bonds. The quantitative estimate of drug-likeness (QED) is 0.678. The Morgan fingerprint density at radius 3 is 2.62 bits per heavy atom. The lowest BCUT2D eigenvalue weighted by Crippen LogP contribution is -2.48. The number of ether oxygens (including phenoxy) is 2. The maximum Gasteiger partial charge on any atom is 0.343 e. The highest BCUT2D eigenvalue weighted by Gasteiger charge is 2.33. The van der Waals surface area contributed by atoms with E-state index >= 15 is 0 Å². The van der Waals surface area contributed by atoms with Crippen LogP contribution in [-0.4, -0.2) is 44.2 Å². The van der Waals surface area contributed by atoms with Gasteiger partial charge in [0.2, 0.25) is 0 Å². The summed E-state index contributed by atoms with van der Waals surface area (Å²) in [7, 11) is 1.31. The minimum atomic E-state index is -0.518. The highest BCUT2D eigenvalue weighted by atomic mass is 32.1. The molecule has 0 saturated carbocycles. The van der Waals surface area contributed by atoms with Crippen molar-refractivity contribution in [3.63, 3.8) is 0 Å². The first-order chi connectivity index (χ1) is 9.76. The molecule has 0 aromatic carbocycles. The van der Waals surface area contributed by atoms with E-state index in [1.165, 1.54) is 25.4 Å². The molecule has 6 nitrogen and oxygen atoms in total. The number of methoxy groups -OCH3 is 1.